The summed E-state index contributed by atoms with van der Waals surface area (Å²) in [5.74, 6) is 0.760. The fourth-order valence-electron chi connectivity index (χ4n) is 1.93. The molecule has 1 heterocycles. The molecule has 0 saturated carbocycles. The van der Waals surface area contributed by atoms with Crippen LogP contribution in [0.4, 0.5) is 0 Å². The first-order valence-corrected chi connectivity index (χ1v) is 8.03. The molecule has 1 unspecified atom stereocenters. The van der Waals surface area contributed by atoms with Crippen LogP contribution in [0.3, 0.4) is 0 Å². The summed E-state index contributed by atoms with van der Waals surface area (Å²) in [5, 5.41) is 5.31. The predicted octanol–water partition coefficient (Wildman–Crippen LogP) is 2.68. The minimum Gasteiger partial charge on any atom is -0.361 e. The smallest absolute Gasteiger partial charge is 0.0472 e. The van der Waals surface area contributed by atoms with Crippen molar-refractivity contribution < 1.29 is 4.21 Å². The molecule has 0 aliphatic carbocycles. The topological polar surface area (TPSA) is 44.9 Å². The van der Waals surface area contributed by atoms with Crippen LogP contribution in [-0.2, 0) is 17.3 Å². The molecule has 2 N–H and O–H groups in total. The SMILES string of the molecule is CS(=O)CCCNCc1c[nH]c2cc(Cl)ccc12. The molecule has 0 aliphatic rings. The van der Waals surface area contributed by atoms with Crippen LogP contribution in [0.1, 0.15) is 12.0 Å². The van der Waals surface area contributed by atoms with Crippen molar-refractivity contribution in [3.05, 3.63) is 35.0 Å². The Hall–Kier alpha value is -0.840. The third kappa shape index (κ3) is 3.57. The minimum absolute atomic E-state index is 0.691. The van der Waals surface area contributed by atoms with E-state index in [4.69, 9.17) is 11.6 Å². The van der Waals surface area contributed by atoms with Gasteiger partial charge >= 0.3 is 0 Å². The van der Waals surface area contributed by atoms with Gasteiger partial charge in [0.15, 0.2) is 0 Å². The predicted molar refractivity (Wildman–Crippen MR) is 78.6 cm³/mol. The first-order chi connectivity index (χ1) is 8.66. The van der Waals surface area contributed by atoms with Crippen LogP contribution >= 0.6 is 11.6 Å². The van der Waals surface area contributed by atoms with Gasteiger partial charge in [-0.15, -0.1) is 0 Å². The summed E-state index contributed by atoms with van der Waals surface area (Å²) in [7, 11) is -0.691. The van der Waals surface area contributed by atoms with E-state index < -0.39 is 10.8 Å². The maximum atomic E-state index is 10.9. The number of aromatic nitrogens is 1. The number of hydrogen-bond acceptors (Lipinski definition) is 2. The molecule has 3 nitrogen and oxygen atoms in total. The van der Waals surface area contributed by atoms with Crippen molar-refractivity contribution in [2.75, 3.05) is 18.6 Å². The van der Waals surface area contributed by atoms with Gasteiger partial charge < -0.3 is 10.3 Å². The molecule has 0 spiro atoms. The summed E-state index contributed by atoms with van der Waals surface area (Å²) in [6.45, 7) is 1.71. The van der Waals surface area contributed by atoms with Gasteiger partial charge in [-0.2, -0.15) is 0 Å². The highest BCUT2D eigenvalue weighted by Gasteiger charge is 2.03. The van der Waals surface area contributed by atoms with E-state index in [1.54, 1.807) is 6.26 Å². The summed E-state index contributed by atoms with van der Waals surface area (Å²) >= 11 is 5.94. The number of benzene rings is 1. The monoisotopic (exact) mass is 284 g/mol. The van der Waals surface area contributed by atoms with Crippen LogP contribution in [0.5, 0.6) is 0 Å². The summed E-state index contributed by atoms with van der Waals surface area (Å²) in [5.41, 5.74) is 2.30. The minimum atomic E-state index is -0.691. The Morgan fingerprint density at radius 2 is 2.28 bits per heavy atom. The van der Waals surface area contributed by atoms with E-state index in [0.29, 0.717) is 0 Å². The van der Waals surface area contributed by atoms with E-state index >= 15 is 0 Å². The lowest BCUT2D eigenvalue weighted by Gasteiger charge is -2.03. The van der Waals surface area contributed by atoms with E-state index in [9.17, 15) is 4.21 Å². The lowest BCUT2D eigenvalue weighted by molar-refractivity contribution is 0.663. The van der Waals surface area contributed by atoms with Crippen LogP contribution in [0.2, 0.25) is 5.02 Å². The van der Waals surface area contributed by atoms with Crippen molar-refractivity contribution in [2.24, 2.45) is 0 Å². The van der Waals surface area contributed by atoms with Gasteiger partial charge in [0, 0.05) is 51.5 Å². The number of hydrogen-bond donors (Lipinski definition) is 2. The Bertz CT molecular complexity index is 553. The molecule has 5 heteroatoms. The van der Waals surface area contributed by atoms with Crippen LogP contribution in [0, 0.1) is 0 Å². The molecular formula is C13H17ClN2OS. The molecule has 0 aliphatic heterocycles. The van der Waals surface area contributed by atoms with E-state index in [1.807, 2.05) is 24.4 Å². The fraction of sp³-hybridized carbons (Fsp3) is 0.385. The standard InChI is InChI=1S/C13H17ClN2OS/c1-18(17)6-2-5-15-8-10-9-16-13-7-11(14)3-4-12(10)13/h3-4,7,9,15-16H,2,5-6,8H2,1H3. The Balaban J connectivity index is 1.90. The molecule has 0 bridgehead atoms. The first kappa shape index (κ1) is 13.6. The second-order valence-electron chi connectivity index (χ2n) is 4.31. The number of rotatable bonds is 6. The van der Waals surface area contributed by atoms with Gasteiger partial charge in [0.05, 0.1) is 0 Å². The zero-order valence-electron chi connectivity index (χ0n) is 10.3. The molecule has 0 saturated heterocycles. The number of halogens is 1. The van der Waals surface area contributed by atoms with Gasteiger partial charge in [-0.25, -0.2) is 0 Å². The van der Waals surface area contributed by atoms with Crippen molar-refractivity contribution >= 4 is 33.3 Å². The zero-order chi connectivity index (χ0) is 13.0. The van der Waals surface area contributed by atoms with Crippen LogP contribution in [-0.4, -0.2) is 27.7 Å². The Morgan fingerprint density at radius 3 is 3.06 bits per heavy atom. The van der Waals surface area contributed by atoms with E-state index in [2.05, 4.69) is 10.3 Å². The van der Waals surface area contributed by atoms with Gasteiger partial charge in [0.2, 0.25) is 0 Å². The molecule has 0 radical (unpaired) electrons. The number of aromatic amines is 1. The van der Waals surface area contributed by atoms with Gasteiger partial charge in [0.25, 0.3) is 0 Å². The van der Waals surface area contributed by atoms with Crippen molar-refractivity contribution in [3.8, 4) is 0 Å². The maximum absolute atomic E-state index is 10.9. The van der Waals surface area contributed by atoms with Crippen LogP contribution in [0.15, 0.2) is 24.4 Å². The molecule has 0 fully saturated rings. The zero-order valence-corrected chi connectivity index (χ0v) is 11.9. The van der Waals surface area contributed by atoms with E-state index in [-0.39, 0.29) is 0 Å². The highest BCUT2D eigenvalue weighted by atomic mass is 35.5. The molecule has 1 aromatic carbocycles. The largest absolute Gasteiger partial charge is 0.361 e. The second kappa shape index (κ2) is 6.36. The van der Waals surface area contributed by atoms with Gasteiger partial charge in [-0.05, 0) is 30.7 Å². The van der Waals surface area contributed by atoms with Crippen molar-refractivity contribution in [1.29, 1.82) is 0 Å². The Labute approximate surface area is 114 Å². The average Bonchev–Trinajstić information content (AvgIpc) is 2.70. The molecule has 18 heavy (non-hydrogen) atoms. The molecular weight excluding hydrogens is 268 g/mol. The van der Waals surface area contributed by atoms with Gasteiger partial charge in [-0.1, -0.05) is 17.7 Å². The van der Waals surface area contributed by atoms with Crippen LogP contribution in [0.25, 0.3) is 10.9 Å². The highest BCUT2D eigenvalue weighted by molar-refractivity contribution is 7.84. The number of fused-ring (bicyclic) bond motifs is 1. The second-order valence-corrected chi connectivity index (χ2v) is 6.30. The van der Waals surface area contributed by atoms with Gasteiger partial charge in [0.1, 0.15) is 0 Å². The maximum Gasteiger partial charge on any atom is 0.0472 e. The quantitative estimate of drug-likeness (QED) is 0.801. The molecule has 1 aromatic heterocycles. The summed E-state index contributed by atoms with van der Waals surface area (Å²) in [6, 6.07) is 5.87. The lowest BCUT2D eigenvalue weighted by Crippen LogP contribution is -2.16. The number of H-pyrrole nitrogens is 1. The lowest BCUT2D eigenvalue weighted by atomic mass is 10.2. The normalized spacial score (nSPS) is 13.0. The van der Waals surface area contributed by atoms with Crippen molar-refractivity contribution in [1.82, 2.24) is 10.3 Å². The van der Waals surface area contributed by atoms with E-state index in [1.165, 1.54) is 10.9 Å². The van der Waals surface area contributed by atoms with Gasteiger partial charge in [-0.3, -0.25) is 4.21 Å². The molecule has 2 aromatic rings. The Morgan fingerprint density at radius 1 is 1.44 bits per heavy atom. The Kier molecular flexibility index (Phi) is 4.80. The summed E-state index contributed by atoms with van der Waals surface area (Å²) < 4.78 is 10.9. The molecule has 2 rings (SSSR count). The van der Waals surface area contributed by atoms with Crippen molar-refractivity contribution in [2.45, 2.75) is 13.0 Å². The summed E-state index contributed by atoms with van der Waals surface area (Å²) in [4.78, 5) is 3.22. The average molecular weight is 285 g/mol. The summed E-state index contributed by atoms with van der Waals surface area (Å²) in [6.07, 6.45) is 4.69. The van der Waals surface area contributed by atoms with Crippen LogP contribution < -0.4 is 5.32 Å². The highest BCUT2D eigenvalue weighted by Crippen LogP contribution is 2.21. The molecule has 0 amide bonds. The third-order valence-corrected chi connectivity index (χ3v) is 3.93. The third-order valence-electron chi connectivity index (χ3n) is 2.83. The molecule has 1 atom stereocenters. The fourth-order valence-corrected chi connectivity index (χ4v) is 2.65. The molecule has 98 valence electrons. The first-order valence-electron chi connectivity index (χ1n) is 5.93. The van der Waals surface area contributed by atoms with Crippen molar-refractivity contribution in [3.63, 3.8) is 0 Å². The van der Waals surface area contributed by atoms with E-state index in [0.717, 1.165) is 35.8 Å². The number of nitrogens with one attached hydrogen (secondary N) is 2.